The van der Waals surface area contributed by atoms with Gasteiger partial charge in [-0.25, -0.2) is 9.37 Å². The molecule has 1 heterocycles. The van der Waals surface area contributed by atoms with Crippen molar-refractivity contribution in [2.75, 3.05) is 6.54 Å². The van der Waals surface area contributed by atoms with Crippen LogP contribution in [0.2, 0.25) is 0 Å². The summed E-state index contributed by atoms with van der Waals surface area (Å²) in [5.41, 5.74) is 0.175. The van der Waals surface area contributed by atoms with Gasteiger partial charge < -0.3 is 10.4 Å². The molecule has 0 spiro atoms. The first-order chi connectivity index (χ1) is 10.0. The third kappa shape index (κ3) is 6.83. The molecule has 0 aliphatic heterocycles. The van der Waals surface area contributed by atoms with Crippen molar-refractivity contribution in [3.05, 3.63) is 29.8 Å². The average molecular weight is 296 g/mol. The smallest absolute Gasteiger partial charge is 0.303 e. The number of carbonyl (C=O) groups is 2. The summed E-state index contributed by atoms with van der Waals surface area (Å²) in [6.07, 6.45) is 4.43. The van der Waals surface area contributed by atoms with Gasteiger partial charge in [0, 0.05) is 13.0 Å². The van der Waals surface area contributed by atoms with E-state index in [1.165, 1.54) is 12.1 Å². The second-order valence-electron chi connectivity index (χ2n) is 4.99. The zero-order valence-corrected chi connectivity index (χ0v) is 12.1. The Kier molecular flexibility index (Phi) is 7.36. The van der Waals surface area contributed by atoms with Crippen LogP contribution < -0.4 is 5.32 Å². The van der Waals surface area contributed by atoms with Crippen LogP contribution in [0.4, 0.5) is 4.39 Å². The molecule has 2 N–H and O–H groups in total. The van der Waals surface area contributed by atoms with E-state index in [2.05, 4.69) is 17.2 Å². The second-order valence-corrected chi connectivity index (χ2v) is 4.99. The van der Waals surface area contributed by atoms with Gasteiger partial charge >= 0.3 is 5.97 Å². The summed E-state index contributed by atoms with van der Waals surface area (Å²) in [6, 6.07) is 2.52. The molecule has 0 fully saturated rings. The number of hydrogen-bond acceptors (Lipinski definition) is 3. The van der Waals surface area contributed by atoms with E-state index in [0.29, 0.717) is 13.0 Å². The maximum Gasteiger partial charge on any atom is 0.303 e. The number of carboxylic acid groups (broad SMARTS) is 1. The van der Waals surface area contributed by atoms with Crippen molar-refractivity contribution >= 4 is 11.9 Å². The third-order valence-electron chi connectivity index (χ3n) is 3.26. The molecule has 1 atom stereocenters. The van der Waals surface area contributed by atoms with E-state index in [1.807, 2.05) is 0 Å². The predicted octanol–water partition coefficient (Wildman–Crippen LogP) is 2.62. The van der Waals surface area contributed by atoms with Crippen LogP contribution in [-0.2, 0) is 4.79 Å². The van der Waals surface area contributed by atoms with Crippen LogP contribution in [0.5, 0.6) is 0 Å². The van der Waals surface area contributed by atoms with Gasteiger partial charge in [-0.05, 0) is 30.9 Å². The van der Waals surface area contributed by atoms with Gasteiger partial charge in [-0.1, -0.05) is 19.8 Å². The zero-order valence-electron chi connectivity index (χ0n) is 12.1. The molecule has 1 unspecified atom stereocenters. The van der Waals surface area contributed by atoms with Crippen LogP contribution in [0.1, 0.15) is 49.5 Å². The van der Waals surface area contributed by atoms with Crippen molar-refractivity contribution in [2.24, 2.45) is 5.92 Å². The minimum atomic E-state index is -0.796. The molecule has 0 aromatic carbocycles. The first-order valence-corrected chi connectivity index (χ1v) is 7.14. The first kappa shape index (κ1) is 17.1. The minimum Gasteiger partial charge on any atom is -0.481 e. The number of aromatic nitrogens is 1. The van der Waals surface area contributed by atoms with Crippen molar-refractivity contribution in [3.63, 3.8) is 0 Å². The maximum absolute atomic E-state index is 12.7. The molecule has 1 aromatic heterocycles. The number of hydrogen-bond donors (Lipinski definition) is 2. The molecule has 6 heteroatoms. The SMILES string of the molecule is CCCC(CCNC(=O)c1ccc(F)cn1)CCC(=O)O. The molecular formula is C15H21FN2O3. The highest BCUT2D eigenvalue weighted by Crippen LogP contribution is 2.17. The Labute approximate surface area is 123 Å². The summed E-state index contributed by atoms with van der Waals surface area (Å²) in [4.78, 5) is 26.1. The number of rotatable bonds is 9. The Morgan fingerprint density at radius 3 is 2.67 bits per heavy atom. The van der Waals surface area contributed by atoms with Crippen LogP contribution >= 0.6 is 0 Å². The maximum atomic E-state index is 12.7. The largest absolute Gasteiger partial charge is 0.481 e. The molecule has 5 nitrogen and oxygen atoms in total. The number of aliphatic carboxylic acids is 1. The standard InChI is InChI=1S/C15H21FN2O3/c1-2-3-11(4-7-14(19)20)8-9-17-15(21)13-6-5-12(16)10-18-13/h5-6,10-11H,2-4,7-9H2,1H3,(H,17,21)(H,19,20). The number of carboxylic acids is 1. The van der Waals surface area contributed by atoms with Gasteiger partial charge in [-0.3, -0.25) is 9.59 Å². The first-order valence-electron chi connectivity index (χ1n) is 7.14. The summed E-state index contributed by atoms with van der Waals surface area (Å²) < 4.78 is 12.7. The Hall–Kier alpha value is -1.98. The minimum absolute atomic E-state index is 0.151. The number of pyridine rings is 1. The molecular weight excluding hydrogens is 275 g/mol. The molecule has 1 rings (SSSR count). The number of halogens is 1. The molecule has 1 aromatic rings. The topological polar surface area (TPSA) is 79.3 Å². The van der Waals surface area contributed by atoms with E-state index < -0.39 is 11.8 Å². The van der Waals surface area contributed by atoms with E-state index in [0.717, 1.165) is 25.5 Å². The fourth-order valence-electron chi connectivity index (χ4n) is 2.16. The molecule has 0 saturated carbocycles. The van der Waals surface area contributed by atoms with Gasteiger partial charge in [-0.15, -0.1) is 0 Å². The highest BCUT2D eigenvalue weighted by Gasteiger charge is 2.12. The fourth-order valence-corrected chi connectivity index (χ4v) is 2.16. The Morgan fingerprint density at radius 1 is 1.33 bits per heavy atom. The molecule has 0 saturated heterocycles. The summed E-state index contributed by atoms with van der Waals surface area (Å²) in [5, 5.41) is 11.4. The van der Waals surface area contributed by atoms with Gasteiger partial charge in [0.2, 0.25) is 0 Å². The third-order valence-corrected chi connectivity index (χ3v) is 3.26. The molecule has 1 amide bonds. The highest BCUT2D eigenvalue weighted by molar-refractivity contribution is 5.92. The van der Waals surface area contributed by atoms with Gasteiger partial charge in [-0.2, -0.15) is 0 Å². The molecule has 0 aliphatic carbocycles. The van der Waals surface area contributed by atoms with E-state index >= 15 is 0 Å². The van der Waals surface area contributed by atoms with Crippen molar-refractivity contribution < 1.29 is 19.1 Å². The Balaban J connectivity index is 2.36. The number of carbonyl (C=O) groups excluding carboxylic acids is 1. The summed E-state index contributed by atoms with van der Waals surface area (Å²) in [5.74, 6) is -1.34. The van der Waals surface area contributed by atoms with Crippen LogP contribution in [-0.4, -0.2) is 28.5 Å². The Bertz CT molecular complexity index is 462. The van der Waals surface area contributed by atoms with Crippen LogP contribution in [0.3, 0.4) is 0 Å². The number of nitrogens with zero attached hydrogens (tertiary/aromatic N) is 1. The summed E-state index contributed by atoms with van der Waals surface area (Å²) in [7, 11) is 0. The lowest BCUT2D eigenvalue weighted by molar-refractivity contribution is -0.137. The Morgan fingerprint density at radius 2 is 2.10 bits per heavy atom. The highest BCUT2D eigenvalue weighted by atomic mass is 19.1. The summed E-state index contributed by atoms with van der Waals surface area (Å²) in [6.45, 7) is 2.51. The van der Waals surface area contributed by atoms with Gasteiger partial charge in [0.25, 0.3) is 5.91 Å². The fraction of sp³-hybridized carbons (Fsp3) is 0.533. The van der Waals surface area contributed by atoms with Crippen LogP contribution in [0.25, 0.3) is 0 Å². The molecule has 21 heavy (non-hydrogen) atoms. The van der Waals surface area contributed by atoms with Gasteiger partial charge in [0.05, 0.1) is 6.20 Å². The second kappa shape index (κ2) is 9.05. The van der Waals surface area contributed by atoms with Crippen LogP contribution in [0, 0.1) is 11.7 Å². The van der Waals surface area contributed by atoms with Gasteiger partial charge in [0.1, 0.15) is 11.5 Å². The lowest BCUT2D eigenvalue weighted by atomic mass is 9.94. The van der Waals surface area contributed by atoms with E-state index in [4.69, 9.17) is 5.11 Å². The quantitative estimate of drug-likeness (QED) is 0.734. The summed E-state index contributed by atoms with van der Waals surface area (Å²) >= 11 is 0. The van der Waals surface area contributed by atoms with Crippen molar-refractivity contribution in [2.45, 2.75) is 39.0 Å². The average Bonchev–Trinajstić information content (AvgIpc) is 2.45. The monoisotopic (exact) mass is 296 g/mol. The van der Waals surface area contributed by atoms with Crippen molar-refractivity contribution in [3.8, 4) is 0 Å². The normalized spacial score (nSPS) is 11.9. The zero-order chi connectivity index (χ0) is 15.7. The van der Waals surface area contributed by atoms with Crippen molar-refractivity contribution in [1.29, 1.82) is 0 Å². The molecule has 116 valence electrons. The lowest BCUT2D eigenvalue weighted by Gasteiger charge is -2.15. The lowest BCUT2D eigenvalue weighted by Crippen LogP contribution is -2.27. The van der Waals surface area contributed by atoms with Crippen LogP contribution in [0.15, 0.2) is 18.3 Å². The number of nitrogens with one attached hydrogen (secondary N) is 1. The van der Waals surface area contributed by atoms with E-state index in [9.17, 15) is 14.0 Å². The molecule has 0 aliphatic rings. The number of amides is 1. The van der Waals surface area contributed by atoms with E-state index in [-0.39, 0.29) is 23.9 Å². The van der Waals surface area contributed by atoms with Crippen molar-refractivity contribution in [1.82, 2.24) is 10.3 Å². The molecule has 0 bridgehead atoms. The predicted molar refractivity (Wildman–Crippen MR) is 76.4 cm³/mol. The van der Waals surface area contributed by atoms with E-state index in [1.54, 1.807) is 0 Å². The van der Waals surface area contributed by atoms with Gasteiger partial charge in [0.15, 0.2) is 0 Å². The molecule has 0 radical (unpaired) electrons.